The zero-order valence-corrected chi connectivity index (χ0v) is 9.52. The van der Waals surface area contributed by atoms with Crippen LogP contribution in [0.15, 0.2) is 24.5 Å². The van der Waals surface area contributed by atoms with Gasteiger partial charge < -0.3 is 10.2 Å². The Balaban J connectivity index is 1.93. The van der Waals surface area contributed by atoms with Gasteiger partial charge in [-0.2, -0.15) is 0 Å². The molecule has 1 aromatic rings. The molecule has 1 amide bonds. The Morgan fingerprint density at radius 1 is 1.69 bits per heavy atom. The van der Waals surface area contributed by atoms with E-state index in [1.165, 1.54) is 0 Å². The second kappa shape index (κ2) is 5.07. The van der Waals surface area contributed by atoms with Crippen molar-refractivity contribution in [1.82, 2.24) is 15.2 Å². The van der Waals surface area contributed by atoms with Crippen molar-refractivity contribution in [2.75, 3.05) is 19.6 Å². The molecule has 1 saturated heterocycles. The van der Waals surface area contributed by atoms with Crippen LogP contribution in [0.4, 0.5) is 0 Å². The minimum Gasteiger partial charge on any atom is -0.340 e. The second-order valence-corrected chi connectivity index (χ2v) is 4.23. The topological polar surface area (TPSA) is 45.2 Å². The molecular weight excluding hydrogens is 202 g/mol. The highest BCUT2D eigenvalue weighted by Crippen LogP contribution is 2.04. The maximum Gasteiger partial charge on any atom is 0.227 e. The Bertz CT molecular complexity index is 353. The summed E-state index contributed by atoms with van der Waals surface area (Å²) in [6.07, 6.45) is 3.94. The number of carbonyl (C=O) groups excluding carboxylic acids is 1. The molecule has 2 rings (SSSR count). The number of nitrogens with zero attached hydrogens (tertiary/aromatic N) is 2. The minimum atomic E-state index is 0.196. The van der Waals surface area contributed by atoms with Gasteiger partial charge in [-0.1, -0.05) is 6.07 Å². The van der Waals surface area contributed by atoms with Gasteiger partial charge >= 0.3 is 0 Å². The fourth-order valence-electron chi connectivity index (χ4n) is 1.95. The fraction of sp³-hybridized carbons (Fsp3) is 0.500. The Morgan fingerprint density at radius 2 is 2.56 bits per heavy atom. The molecule has 0 spiro atoms. The van der Waals surface area contributed by atoms with Crippen LogP contribution in [0.25, 0.3) is 0 Å². The molecule has 1 fully saturated rings. The van der Waals surface area contributed by atoms with E-state index in [1.54, 1.807) is 12.4 Å². The number of pyridine rings is 1. The van der Waals surface area contributed by atoms with Gasteiger partial charge in [-0.25, -0.2) is 0 Å². The third kappa shape index (κ3) is 2.79. The maximum atomic E-state index is 12.0. The summed E-state index contributed by atoms with van der Waals surface area (Å²) >= 11 is 0. The normalized spacial score (nSPS) is 20.8. The molecule has 1 unspecified atom stereocenters. The average molecular weight is 219 g/mol. The SMILES string of the molecule is CC1CN(C(=O)Cc2cccnc2)CCN1. The molecule has 0 saturated carbocycles. The monoisotopic (exact) mass is 219 g/mol. The lowest BCUT2D eigenvalue weighted by atomic mass is 10.1. The molecule has 86 valence electrons. The van der Waals surface area contributed by atoms with Crippen LogP contribution in [0.2, 0.25) is 0 Å². The smallest absolute Gasteiger partial charge is 0.227 e. The van der Waals surface area contributed by atoms with E-state index in [0.717, 1.165) is 25.2 Å². The Kier molecular flexibility index (Phi) is 3.51. The number of rotatable bonds is 2. The van der Waals surface area contributed by atoms with Gasteiger partial charge in [-0.05, 0) is 18.6 Å². The lowest BCUT2D eigenvalue weighted by Crippen LogP contribution is -2.51. The van der Waals surface area contributed by atoms with Gasteiger partial charge in [0.1, 0.15) is 0 Å². The van der Waals surface area contributed by atoms with Crippen LogP contribution in [-0.2, 0) is 11.2 Å². The molecule has 1 aromatic heterocycles. The Morgan fingerprint density at radius 3 is 3.25 bits per heavy atom. The highest BCUT2D eigenvalue weighted by molar-refractivity contribution is 5.78. The number of carbonyl (C=O) groups is 1. The lowest BCUT2D eigenvalue weighted by Gasteiger charge is -2.32. The third-order valence-corrected chi connectivity index (χ3v) is 2.80. The molecule has 0 bridgehead atoms. The number of hydrogen-bond donors (Lipinski definition) is 1. The Hall–Kier alpha value is -1.42. The van der Waals surface area contributed by atoms with Crippen molar-refractivity contribution in [3.8, 4) is 0 Å². The third-order valence-electron chi connectivity index (χ3n) is 2.80. The molecule has 2 heterocycles. The zero-order valence-electron chi connectivity index (χ0n) is 9.52. The molecule has 4 nitrogen and oxygen atoms in total. The molecule has 0 aliphatic carbocycles. The number of amides is 1. The van der Waals surface area contributed by atoms with Crippen LogP contribution in [-0.4, -0.2) is 41.5 Å². The van der Waals surface area contributed by atoms with Crippen molar-refractivity contribution in [2.24, 2.45) is 0 Å². The molecule has 0 radical (unpaired) electrons. The maximum absolute atomic E-state index is 12.0. The van der Waals surface area contributed by atoms with Crippen LogP contribution >= 0.6 is 0 Å². The van der Waals surface area contributed by atoms with Crippen molar-refractivity contribution >= 4 is 5.91 Å². The number of nitrogens with one attached hydrogen (secondary N) is 1. The fourth-order valence-corrected chi connectivity index (χ4v) is 1.95. The van der Waals surface area contributed by atoms with Gasteiger partial charge in [0, 0.05) is 38.1 Å². The average Bonchev–Trinajstić information content (AvgIpc) is 2.30. The zero-order chi connectivity index (χ0) is 11.4. The van der Waals surface area contributed by atoms with E-state index in [4.69, 9.17) is 0 Å². The first-order valence-corrected chi connectivity index (χ1v) is 5.66. The standard InChI is InChI=1S/C12H17N3O/c1-10-9-15(6-5-14-10)12(16)7-11-3-2-4-13-8-11/h2-4,8,10,14H,5-7,9H2,1H3. The van der Waals surface area contributed by atoms with E-state index in [-0.39, 0.29) is 5.91 Å². The summed E-state index contributed by atoms with van der Waals surface area (Å²) in [7, 11) is 0. The van der Waals surface area contributed by atoms with Gasteiger partial charge in [0.05, 0.1) is 6.42 Å². The van der Waals surface area contributed by atoms with Crippen LogP contribution in [0.5, 0.6) is 0 Å². The first-order valence-electron chi connectivity index (χ1n) is 5.66. The van der Waals surface area contributed by atoms with E-state index < -0.39 is 0 Å². The molecule has 1 atom stereocenters. The summed E-state index contributed by atoms with van der Waals surface area (Å²) in [5, 5.41) is 3.32. The Labute approximate surface area is 95.7 Å². The van der Waals surface area contributed by atoms with Crippen LogP contribution < -0.4 is 5.32 Å². The summed E-state index contributed by atoms with van der Waals surface area (Å²) in [6, 6.07) is 4.20. The van der Waals surface area contributed by atoms with E-state index in [0.29, 0.717) is 12.5 Å². The number of piperazine rings is 1. The molecular formula is C12H17N3O. The molecule has 1 N–H and O–H groups in total. The van der Waals surface area contributed by atoms with Crippen LogP contribution in [0.1, 0.15) is 12.5 Å². The predicted molar refractivity (Wildman–Crippen MR) is 62.0 cm³/mol. The minimum absolute atomic E-state index is 0.196. The lowest BCUT2D eigenvalue weighted by molar-refractivity contribution is -0.131. The van der Waals surface area contributed by atoms with Crippen molar-refractivity contribution in [1.29, 1.82) is 0 Å². The summed E-state index contributed by atoms with van der Waals surface area (Å²) in [5.74, 6) is 0.196. The van der Waals surface area contributed by atoms with E-state index in [1.807, 2.05) is 17.0 Å². The van der Waals surface area contributed by atoms with Crippen LogP contribution in [0.3, 0.4) is 0 Å². The van der Waals surface area contributed by atoms with Gasteiger partial charge in [0.25, 0.3) is 0 Å². The van der Waals surface area contributed by atoms with Crippen molar-refractivity contribution in [3.05, 3.63) is 30.1 Å². The number of hydrogen-bond acceptors (Lipinski definition) is 3. The first-order chi connectivity index (χ1) is 7.75. The first kappa shape index (κ1) is 11.1. The van der Waals surface area contributed by atoms with Crippen molar-refractivity contribution < 1.29 is 4.79 Å². The highest BCUT2D eigenvalue weighted by atomic mass is 16.2. The van der Waals surface area contributed by atoms with E-state index in [2.05, 4.69) is 17.2 Å². The molecule has 1 aliphatic rings. The van der Waals surface area contributed by atoms with E-state index in [9.17, 15) is 4.79 Å². The predicted octanol–water partition coefficient (Wildman–Crippen LogP) is 0.444. The molecule has 0 aromatic carbocycles. The van der Waals surface area contributed by atoms with E-state index >= 15 is 0 Å². The van der Waals surface area contributed by atoms with Crippen molar-refractivity contribution in [3.63, 3.8) is 0 Å². The summed E-state index contributed by atoms with van der Waals surface area (Å²) < 4.78 is 0. The van der Waals surface area contributed by atoms with Gasteiger partial charge in [-0.3, -0.25) is 9.78 Å². The van der Waals surface area contributed by atoms with Crippen LogP contribution in [0, 0.1) is 0 Å². The molecule has 1 aliphatic heterocycles. The quantitative estimate of drug-likeness (QED) is 0.785. The summed E-state index contributed by atoms with van der Waals surface area (Å²) in [4.78, 5) is 17.9. The van der Waals surface area contributed by atoms with Gasteiger partial charge in [-0.15, -0.1) is 0 Å². The second-order valence-electron chi connectivity index (χ2n) is 4.23. The van der Waals surface area contributed by atoms with Gasteiger partial charge in [0.2, 0.25) is 5.91 Å². The number of aromatic nitrogens is 1. The highest BCUT2D eigenvalue weighted by Gasteiger charge is 2.20. The largest absolute Gasteiger partial charge is 0.340 e. The summed E-state index contributed by atoms with van der Waals surface area (Å²) in [6.45, 7) is 4.60. The van der Waals surface area contributed by atoms with Crippen molar-refractivity contribution in [2.45, 2.75) is 19.4 Å². The summed E-state index contributed by atoms with van der Waals surface area (Å²) in [5.41, 5.74) is 0.985. The van der Waals surface area contributed by atoms with Gasteiger partial charge in [0.15, 0.2) is 0 Å². The molecule has 16 heavy (non-hydrogen) atoms. The molecule has 4 heteroatoms.